The van der Waals surface area contributed by atoms with Gasteiger partial charge in [0.05, 0.1) is 39.9 Å². The summed E-state index contributed by atoms with van der Waals surface area (Å²) in [6, 6.07) is -0.880. The molecule has 3 atom stereocenters. The minimum absolute atomic E-state index is 0.00210. The third-order valence-corrected chi connectivity index (χ3v) is 14.7. The van der Waals surface area contributed by atoms with Gasteiger partial charge >= 0.3 is 0 Å². The molecule has 0 aromatic rings. The second-order valence-corrected chi connectivity index (χ2v) is 23.1. The number of carbonyl (C=O) groups is 1. The topological polar surface area (TPSA) is 108 Å². The van der Waals surface area contributed by atoms with E-state index in [9.17, 15) is 19.4 Å². The van der Waals surface area contributed by atoms with Crippen LogP contribution in [-0.2, 0) is 18.4 Å². The molecule has 0 spiro atoms. The predicted octanol–water partition coefficient (Wildman–Crippen LogP) is 17.2. The van der Waals surface area contributed by atoms with Crippen molar-refractivity contribution in [2.75, 3.05) is 40.9 Å². The first-order valence-electron chi connectivity index (χ1n) is 29.6. The van der Waals surface area contributed by atoms with Crippen LogP contribution in [0.3, 0.4) is 0 Å². The Morgan fingerprint density at radius 3 is 1.12 bits per heavy atom. The van der Waals surface area contributed by atoms with Crippen molar-refractivity contribution in [2.45, 2.75) is 315 Å². The summed E-state index contributed by atoms with van der Waals surface area (Å²) in [6.07, 6.45) is 61.9. The SMILES string of the molecule is CCCCCCCCCC/C=C/[C@@H](O)[C@H](COP(=O)([O-])OCC[N+](C)(C)C)NC(=O)CCCCCCCCCCCCCCCCCCCCCCCCCCCCCCCCCCCCC. The number of amides is 1. The number of allylic oxidation sites excluding steroid dienone is 1. The number of rotatable bonds is 55. The summed E-state index contributed by atoms with van der Waals surface area (Å²) in [5.41, 5.74) is 0. The Bertz CT molecular complexity index is 1100. The van der Waals surface area contributed by atoms with Gasteiger partial charge in [-0.05, 0) is 19.3 Å². The van der Waals surface area contributed by atoms with Crippen molar-refractivity contribution in [1.82, 2.24) is 5.32 Å². The molecule has 1 unspecified atom stereocenters. The quantitative estimate of drug-likeness (QED) is 0.0272. The van der Waals surface area contributed by atoms with E-state index in [0.717, 1.165) is 38.5 Å². The molecule has 0 rings (SSSR count). The van der Waals surface area contributed by atoms with E-state index in [1.807, 2.05) is 27.2 Å². The van der Waals surface area contributed by atoms with Crippen LogP contribution in [0.4, 0.5) is 0 Å². The molecule has 0 aliphatic heterocycles. The molecule has 0 heterocycles. The highest BCUT2D eigenvalue weighted by atomic mass is 31.2. The summed E-state index contributed by atoms with van der Waals surface area (Å²) >= 11 is 0. The highest BCUT2D eigenvalue weighted by molar-refractivity contribution is 7.45. The first-order valence-corrected chi connectivity index (χ1v) is 31.0. The number of hydrogen-bond donors (Lipinski definition) is 2. The fourth-order valence-electron chi connectivity index (χ4n) is 9.10. The van der Waals surface area contributed by atoms with Crippen LogP contribution in [-0.4, -0.2) is 68.5 Å². The first-order chi connectivity index (χ1) is 32.5. The molecule has 1 amide bonds. The van der Waals surface area contributed by atoms with Crippen LogP contribution in [0.2, 0.25) is 0 Å². The summed E-state index contributed by atoms with van der Waals surface area (Å²) < 4.78 is 23.2. The van der Waals surface area contributed by atoms with E-state index in [1.165, 1.54) is 244 Å². The maximum atomic E-state index is 12.9. The van der Waals surface area contributed by atoms with Gasteiger partial charge in [-0.25, -0.2) is 0 Å². The monoisotopic (exact) mass is 969 g/mol. The molecule has 0 saturated carbocycles. The smallest absolute Gasteiger partial charge is 0.268 e. The number of nitrogens with zero attached hydrogens (tertiary/aromatic N) is 1. The van der Waals surface area contributed by atoms with Crippen LogP contribution in [0, 0.1) is 0 Å². The van der Waals surface area contributed by atoms with Crippen molar-refractivity contribution in [2.24, 2.45) is 0 Å². The highest BCUT2D eigenvalue weighted by Crippen LogP contribution is 2.38. The van der Waals surface area contributed by atoms with E-state index in [2.05, 4.69) is 19.2 Å². The van der Waals surface area contributed by atoms with E-state index in [4.69, 9.17) is 9.05 Å². The molecule has 0 bridgehead atoms. The zero-order valence-electron chi connectivity index (χ0n) is 45.6. The number of unbranched alkanes of at least 4 members (excludes halogenated alkanes) is 42. The third-order valence-electron chi connectivity index (χ3n) is 13.7. The van der Waals surface area contributed by atoms with Crippen molar-refractivity contribution in [3.05, 3.63) is 12.2 Å². The number of phosphoric acid groups is 1. The number of phosphoric ester groups is 1. The normalized spacial score (nSPS) is 14.0. The maximum absolute atomic E-state index is 12.9. The summed E-state index contributed by atoms with van der Waals surface area (Å²) in [5.74, 6) is -0.193. The average Bonchev–Trinajstić information content (AvgIpc) is 3.29. The fraction of sp³-hybridized carbons (Fsp3) is 0.948. The first kappa shape index (κ1) is 66.2. The zero-order chi connectivity index (χ0) is 49.2. The molecular weight excluding hydrogens is 852 g/mol. The Morgan fingerprint density at radius 2 is 0.806 bits per heavy atom. The molecule has 2 N–H and O–H groups in total. The van der Waals surface area contributed by atoms with Crippen molar-refractivity contribution < 1.29 is 32.9 Å². The Kier molecular flexibility index (Phi) is 49.6. The molecule has 400 valence electrons. The van der Waals surface area contributed by atoms with Gasteiger partial charge in [0, 0.05) is 6.42 Å². The van der Waals surface area contributed by atoms with Gasteiger partial charge in [0.2, 0.25) is 5.91 Å². The number of aliphatic hydroxyl groups is 1. The number of nitrogens with one attached hydrogen (secondary N) is 1. The second kappa shape index (κ2) is 50.2. The largest absolute Gasteiger partial charge is 0.756 e. The zero-order valence-corrected chi connectivity index (χ0v) is 46.5. The van der Waals surface area contributed by atoms with E-state index < -0.39 is 20.0 Å². The molecule has 67 heavy (non-hydrogen) atoms. The second-order valence-electron chi connectivity index (χ2n) is 21.7. The van der Waals surface area contributed by atoms with Gasteiger partial charge in [-0.3, -0.25) is 9.36 Å². The van der Waals surface area contributed by atoms with E-state index in [0.29, 0.717) is 17.4 Å². The summed E-state index contributed by atoms with van der Waals surface area (Å²) in [4.78, 5) is 25.4. The van der Waals surface area contributed by atoms with Crippen LogP contribution >= 0.6 is 7.82 Å². The Labute approximate surface area is 418 Å². The number of hydrogen-bond acceptors (Lipinski definition) is 6. The van der Waals surface area contributed by atoms with Crippen LogP contribution in [0.25, 0.3) is 0 Å². The van der Waals surface area contributed by atoms with Gasteiger partial charge in [-0.1, -0.05) is 289 Å². The van der Waals surface area contributed by atoms with Crippen LogP contribution in [0.15, 0.2) is 12.2 Å². The van der Waals surface area contributed by atoms with Gasteiger partial charge in [0.1, 0.15) is 13.2 Å². The molecule has 9 heteroatoms. The number of aliphatic hydroxyl groups excluding tert-OH is 1. The van der Waals surface area contributed by atoms with Crippen molar-refractivity contribution in [3.8, 4) is 0 Å². The summed E-state index contributed by atoms with van der Waals surface area (Å²) in [5, 5.41) is 13.8. The predicted molar refractivity (Wildman–Crippen MR) is 289 cm³/mol. The highest BCUT2D eigenvalue weighted by Gasteiger charge is 2.23. The number of likely N-dealkylation sites (N-methyl/N-ethyl adjacent to an activating group) is 1. The number of quaternary nitrogens is 1. The standard InChI is InChI=1S/C58H117N2O6P/c1-6-8-10-12-14-16-18-19-20-21-22-23-24-25-26-27-28-29-30-31-32-33-34-35-36-37-38-39-40-41-42-44-46-48-50-52-58(62)59-56(55-66-67(63,64)65-54-53-60(3,4)5)57(61)51-49-47-45-43-17-15-13-11-9-7-2/h49,51,56-57,61H,6-48,50,52-55H2,1-5H3,(H-,59,62,63,64)/b51-49+/t56-,57+/m0/s1. The van der Waals surface area contributed by atoms with Crippen LogP contribution in [0.5, 0.6) is 0 Å². The molecule has 0 aliphatic rings. The minimum atomic E-state index is -4.58. The van der Waals surface area contributed by atoms with Crippen molar-refractivity contribution in [1.29, 1.82) is 0 Å². The Balaban J connectivity index is 3.84. The van der Waals surface area contributed by atoms with Gasteiger partial charge in [-0.2, -0.15) is 0 Å². The molecule has 0 saturated heterocycles. The van der Waals surface area contributed by atoms with Crippen LogP contribution in [0.1, 0.15) is 303 Å². The van der Waals surface area contributed by atoms with Crippen molar-refractivity contribution >= 4 is 13.7 Å². The summed E-state index contributed by atoms with van der Waals surface area (Å²) in [7, 11) is 1.27. The average molecular weight is 970 g/mol. The molecular formula is C58H117N2O6P. The lowest BCUT2D eigenvalue weighted by molar-refractivity contribution is -0.870. The summed E-state index contributed by atoms with van der Waals surface area (Å²) in [6.45, 7) is 4.66. The molecule has 0 aromatic carbocycles. The molecule has 0 aromatic heterocycles. The van der Waals surface area contributed by atoms with Gasteiger partial charge in [0.25, 0.3) is 7.82 Å². The lowest BCUT2D eigenvalue weighted by Gasteiger charge is -2.29. The lowest BCUT2D eigenvalue weighted by Crippen LogP contribution is -2.45. The number of carbonyl (C=O) groups excluding carboxylic acids is 1. The minimum Gasteiger partial charge on any atom is -0.756 e. The van der Waals surface area contributed by atoms with Gasteiger partial charge < -0.3 is 28.8 Å². The lowest BCUT2D eigenvalue weighted by atomic mass is 10.0. The molecule has 8 nitrogen and oxygen atoms in total. The van der Waals surface area contributed by atoms with E-state index in [-0.39, 0.29) is 19.1 Å². The molecule has 0 radical (unpaired) electrons. The Hall–Kier alpha value is -0.760. The van der Waals surface area contributed by atoms with Gasteiger partial charge in [-0.15, -0.1) is 0 Å². The maximum Gasteiger partial charge on any atom is 0.268 e. The molecule has 0 fully saturated rings. The fourth-order valence-corrected chi connectivity index (χ4v) is 9.82. The molecule has 0 aliphatic carbocycles. The third kappa shape index (κ3) is 52.9. The van der Waals surface area contributed by atoms with Crippen LogP contribution < -0.4 is 10.2 Å². The van der Waals surface area contributed by atoms with E-state index >= 15 is 0 Å². The van der Waals surface area contributed by atoms with Crippen molar-refractivity contribution in [3.63, 3.8) is 0 Å². The van der Waals surface area contributed by atoms with E-state index in [1.54, 1.807) is 6.08 Å². The Morgan fingerprint density at radius 1 is 0.507 bits per heavy atom. The van der Waals surface area contributed by atoms with Gasteiger partial charge in [0.15, 0.2) is 0 Å².